The van der Waals surface area contributed by atoms with Gasteiger partial charge in [0.05, 0.1) is 16.6 Å². The molecule has 0 atom stereocenters. The first-order valence-electron chi connectivity index (χ1n) is 10.1. The lowest BCUT2D eigenvalue weighted by Crippen LogP contribution is -2.22. The molecule has 0 aliphatic carbocycles. The normalized spacial score (nSPS) is 9.72. The lowest BCUT2D eigenvalue weighted by atomic mass is 10.1. The smallest absolute Gasteiger partial charge is 0.264 e. The van der Waals surface area contributed by atoms with Crippen LogP contribution in [0.4, 0.5) is 11.8 Å². The number of nitrogens with zero attached hydrogens (tertiary/aromatic N) is 4. The molecule has 2 aromatic heterocycles. The van der Waals surface area contributed by atoms with E-state index in [0.29, 0.717) is 10.4 Å². The Kier molecular flexibility index (Phi) is 8.75. The Labute approximate surface area is 191 Å². The zero-order valence-electron chi connectivity index (χ0n) is 18.2. The minimum absolute atomic E-state index is 0.0591. The first-order valence-corrected chi connectivity index (χ1v) is 10.5. The molecule has 4 N–H and O–H groups in total. The third kappa shape index (κ3) is 5.42. The van der Waals surface area contributed by atoms with Crippen molar-refractivity contribution in [2.75, 3.05) is 11.5 Å². The Morgan fingerprint density at radius 1 is 1.09 bits per heavy atom. The first kappa shape index (κ1) is 24.4. The Bertz CT molecular complexity index is 1300. The minimum atomic E-state index is -0.0591. The number of benzene rings is 2. The number of rotatable bonds is 2. The van der Waals surface area contributed by atoms with E-state index in [0.717, 1.165) is 23.2 Å². The molecule has 0 aliphatic rings. The molecule has 2 aromatic carbocycles. The maximum absolute atomic E-state index is 12.8. The fourth-order valence-electron chi connectivity index (χ4n) is 2.99. The van der Waals surface area contributed by atoms with Crippen molar-refractivity contribution in [3.63, 3.8) is 0 Å². The van der Waals surface area contributed by atoms with Crippen molar-refractivity contribution >= 4 is 34.1 Å². The Morgan fingerprint density at radius 3 is 2.38 bits per heavy atom. The summed E-state index contributed by atoms with van der Waals surface area (Å²) in [5, 5.41) is 10.3. The fourth-order valence-corrected chi connectivity index (χ4v) is 3.25. The molecule has 0 unspecified atom stereocenters. The Hall–Kier alpha value is -3.89. The van der Waals surface area contributed by atoms with Crippen LogP contribution in [0, 0.1) is 11.3 Å². The summed E-state index contributed by atoms with van der Waals surface area (Å²) >= 11 is 6.20. The Balaban J connectivity index is 0.000000255. The van der Waals surface area contributed by atoms with Gasteiger partial charge in [-0.25, -0.2) is 4.98 Å². The number of hydrogen-bond donors (Lipinski definition) is 2. The monoisotopic (exact) mass is 448 g/mol. The quantitative estimate of drug-likeness (QED) is 0.456. The topological polar surface area (TPSA) is 124 Å². The van der Waals surface area contributed by atoms with E-state index in [1.54, 1.807) is 10.6 Å². The minimum Gasteiger partial charge on any atom is -0.382 e. The molecule has 4 rings (SSSR count). The third-order valence-corrected chi connectivity index (χ3v) is 4.72. The summed E-state index contributed by atoms with van der Waals surface area (Å²) in [6.45, 7) is 6.05. The second-order valence-corrected chi connectivity index (χ2v) is 6.72. The summed E-state index contributed by atoms with van der Waals surface area (Å²) < 4.78 is 1.74. The van der Waals surface area contributed by atoms with Gasteiger partial charge in [0.25, 0.3) is 5.56 Å². The molecule has 2 heterocycles. The van der Waals surface area contributed by atoms with Crippen LogP contribution in [0.3, 0.4) is 0 Å². The number of nitrogen functional groups attached to an aromatic ring is 2. The molecule has 32 heavy (non-hydrogen) atoms. The van der Waals surface area contributed by atoms with Crippen LogP contribution in [0.5, 0.6) is 0 Å². The average molecular weight is 449 g/mol. The van der Waals surface area contributed by atoms with Crippen molar-refractivity contribution < 1.29 is 0 Å². The van der Waals surface area contributed by atoms with Gasteiger partial charge < -0.3 is 11.5 Å². The zero-order valence-corrected chi connectivity index (χ0v) is 19.0. The van der Waals surface area contributed by atoms with Gasteiger partial charge in [-0.2, -0.15) is 10.2 Å². The molecule has 8 heteroatoms. The van der Waals surface area contributed by atoms with E-state index in [2.05, 4.69) is 9.97 Å². The molecule has 0 saturated carbocycles. The number of para-hydroxylation sites is 1. The number of pyridine rings is 1. The van der Waals surface area contributed by atoms with Crippen LogP contribution in [-0.4, -0.2) is 14.5 Å². The van der Waals surface area contributed by atoms with Gasteiger partial charge in [0.15, 0.2) is 0 Å². The summed E-state index contributed by atoms with van der Waals surface area (Å²) in [7, 11) is 0. The van der Waals surface area contributed by atoms with Crippen LogP contribution in [0.1, 0.15) is 32.0 Å². The molecule has 7 nitrogen and oxygen atoms in total. The number of nitriles is 1. The molecule has 4 aromatic rings. The molecular formula is C24H25ClN6O. The molecule has 0 fully saturated rings. The molecule has 0 radical (unpaired) electrons. The average Bonchev–Trinajstić information content (AvgIpc) is 2.81. The van der Waals surface area contributed by atoms with Crippen LogP contribution in [0.2, 0.25) is 5.02 Å². The van der Waals surface area contributed by atoms with Crippen molar-refractivity contribution in [1.82, 2.24) is 14.5 Å². The highest BCUT2D eigenvalue weighted by molar-refractivity contribution is 6.35. The van der Waals surface area contributed by atoms with Crippen LogP contribution in [0.15, 0.2) is 65.6 Å². The van der Waals surface area contributed by atoms with E-state index in [-0.39, 0.29) is 22.9 Å². The largest absolute Gasteiger partial charge is 0.382 e. The van der Waals surface area contributed by atoms with E-state index >= 15 is 0 Å². The van der Waals surface area contributed by atoms with Crippen LogP contribution < -0.4 is 17.0 Å². The van der Waals surface area contributed by atoms with Gasteiger partial charge in [0, 0.05) is 11.4 Å². The van der Waals surface area contributed by atoms with Crippen molar-refractivity contribution in [1.29, 1.82) is 5.26 Å². The lowest BCUT2D eigenvalue weighted by molar-refractivity contribution is 0.889. The van der Waals surface area contributed by atoms with Crippen LogP contribution in [-0.2, 0) is 6.42 Å². The van der Waals surface area contributed by atoms with Crippen molar-refractivity contribution in [3.8, 4) is 11.8 Å². The number of anilines is 2. The van der Waals surface area contributed by atoms with Gasteiger partial charge in [-0.05, 0) is 36.1 Å². The highest BCUT2D eigenvalue weighted by atomic mass is 35.5. The van der Waals surface area contributed by atoms with Crippen LogP contribution in [0.25, 0.3) is 16.5 Å². The molecule has 0 bridgehead atoms. The molecule has 0 amide bonds. The standard InChI is InChI=1S/C17H14ClNO.C5H5N5.C2H6/c1-2-13-11-12-7-6-10-15(18)16(12)17(20)19(13)14-8-4-3-5-9-14;6-1-3-2-9-5(8)10-4(3)7;1-2/h3-11H,2H2,1H3;2H,(H4,7,8,9,10);1-2H3. The van der Waals surface area contributed by atoms with E-state index in [1.165, 1.54) is 6.20 Å². The maximum Gasteiger partial charge on any atom is 0.264 e. The van der Waals surface area contributed by atoms with E-state index in [4.69, 9.17) is 28.3 Å². The fraction of sp³-hybridized carbons (Fsp3) is 0.167. The maximum atomic E-state index is 12.8. The lowest BCUT2D eigenvalue weighted by Gasteiger charge is -2.14. The van der Waals surface area contributed by atoms with E-state index in [9.17, 15) is 4.79 Å². The molecule has 0 saturated heterocycles. The molecule has 164 valence electrons. The van der Waals surface area contributed by atoms with Gasteiger partial charge in [0.1, 0.15) is 17.5 Å². The zero-order chi connectivity index (χ0) is 23.7. The summed E-state index contributed by atoms with van der Waals surface area (Å²) in [5.41, 5.74) is 12.5. The van der Waals surface area contributed by atoms with Crippen molar-refractivity contribution in [2.45, 2.75) is 27.2 Å². The number of hydrogen-bond acceptors (Lipinski definition) is 6. The number of aryl methyl sites for hydroxylation is 1. The predicted molar refractivity (Wildman–Crippen MR) is 131 cm³/mol. The van der Waals surface area contributed by atoms with E-state index < -0.39 is 0 Å². The highest BCUT2D eigenvalue weighted by Gasteiger charge is 2.11. The Morgan fingerprint density at radius 2 is 1.78 bits per heavy atom. The van der Waals surface area contributed by atoms with Gasteiger partial charge in [0.2, 0.25) is 5.95 Å². The molecule has 0 aliphatic heterocycles. The summed E-state index contributed by atoms with van der Waals surface area (Å²) in [4.78, 5) is 19.9. The second-order valence-electron chi connectivity index (χ2n) is 6.31. The third-order valence-electron chi connectivity index (χ3n) is 4.41. The second kappa shape index (κ2) is 11.5. The summed E-state index contributed by atoms with van der Waals surface area (Å²) in [5.74, 6) is 0.200. The molecular weight excluding hydrogens is 424 g/mol. The highest BCUT2D eigenvalue weighted by Crippen LogP contribution is 2.22. The van der Waals surface area contributed by atoms with Crippen LogP contribution >= 0.6 is 11.6 Å². The number of aromatic nitrogens is 3. The SMILES string of the molecule is CC.CCc1cc2cccc(Cl)c2c(=O)n1-c1ccccc1.N#Cc1cnc(N)nc1N. The summed E-state index contributed by atoms with van der Waals surface area (Å²) in [6, 6.07) is 19.1. The van der Waals surface area contributed by atoms with Gasteiger partial charge in [-0.3, -0.25) is 9.36 Å². The van der Waals surface area contributed by atoms with Gasteiger partial charge in [-0.1, -0.05) is 62.7 Å². The van der Waals surface area contributed by atoms with Gasteiger partial charge >= 0.3 is 0 Å². The van der Waals surface area contributed by atoms with Crippen molar-refractivity contribution in [2.24, 2.45) is 0 Å². The number of halogens is 1. The van der Waals surface area contributed by atoms with Gasteiger partial charge in [-0.15, -0.1) is 0 Å². The van der Waals surface area contributed by atoms with E-state index in [1.807, 2.05) is 75.4 Å². The number of fused-ring (bicyclic) bond motifs is 1. The van der Waals surface area contributed by atoms with Crippen molar-refractivity contribution in [3.05, 3.63) is 87.4 Å². The first-order chi connectivity index (χ1) is 15.5. The molecule has 0 spiro atoms. The predicted octanol–water partition coefficient (Wildman–Crippen LogP) is 4.75. The number of nitrogens with two attached hydrogens (primary N) is 2. The summed E-state index contributed by atoms with van der Waals surface area (Å²) in [6.07, 6.45) is 2.07.